The van der Waals surface area contributed by atoms with Crippen molar-refractivity contribution in [2.45, 2.75) is 109 Å². The number of amides is 5. The van der Waals surface area contributed by atoms with Gasteiger partial charge in [-0.25, -0.2) is 14.2 Å². The molecule has 5 amide bonds. The Kier molecular flexibility index (Phi) is 15.2. The van der Waals surface area contributed by atoms with Crippen LogP contribution in [-0.2, 0) is 37.5 Å². The average molecular weight is 1010 g/mol. The highest BCUT2D eigenvalue weighted by Crippen LogP contribution is 2.36. The largest absolute Gasteiger partial charge is 0.462 e. The number of benzene rings is 1. The third-order valence-corrected chi connectivity index (χ3v) is 16.6. The van der Waals surface area contributed by atoms with Crippen LogP contribution in [0.1, 0.15) is 110 Å². The number of nitrogens with one attached hydrogen (secondary N) is 3. The van der Waals surface area contributed by atoms with Crippen molar-refractivity contribution in [2.24, 2.45) is 24.8 Å². The first kappa shape index (κ1) is 50.3. The van der Waals surface area contributed by atoms with Gasteiger partial charge in [0.25, 0.3) is 5.91 Å². The molecule has 7 heterocycles. The number of ether oxygens (including phenoxy) is 1. The van der Waals surface area contributed by atoms with Crippen molar-refractivity contribution in [1.29, 1.82) is 0 Å². The van der Waals surface area contributed by atoms with Gasteiger partial charge in [-0.2, -0.15) is 10.1 Å². The predicted octanol–water partition coefficient (Wildman–Crippen LogP) is 3.77. The second-order valence-electron chi connectivity index (χ2n) is 21.2. The summed E-state index contributed by atoms with van der Waals surface area (Å²) in [5, 5.41) is 13.2. The number of esters is 1. The Labute approximate surface area is 425 Å². The third kappa shape index (κ3) is 11.3. The molecule has 6 fully saturated rings. The van der Waals surface area contributed by atoms with E-state index < -0.39 is 17.9 Å². The van der Waals surface area contributed by atoms with Crippen LogP contribution in [0.5, 0.6) is 0 Å². The van der Waals surface area contributed by atoms with Crippen LogP contribution in [0.15, 0.2) is 30.7 Å². The van der Waals surface area contributed by atoms with Gasteiger partial charge < -0.3 is 35.0 Å². The van der Waals surface area contributed by atoms with Gasteiger partial charge >= 0.3 is 5.97 Å². The minimum Gasteiger partial charge on any atom is -0.462 e. The zero-order valence-corrected chi connectivity index (χ0v) is 42.2. The molecule has 3 N–H and O–H groups in total. The SMILES string of the molecule is CCOC(=O)c1cnc(Nc2cnn(C)c2)nc1NC1CCC(N2CCN(C(=O)C3CCC(C(=O)N4CCC(CN5CCN(c6cc7c(cc6F)CN(C6CCC(=O)NC6=O)C7=O)CC5)CC4)CC3)CC2)CC1. The Morgan fingerprint density at radius 1 is 0.808 bits per heavy atom. The van der Waals surface area contributed by atoms with E-state index >= 15 is 4.39 Å². The minimum atomic E-state index is -0.739. The lowest BCUT2D eigenvalue weighted by atomic mass is 9.80. The molecule has 1 atom stereocenters. The molecule has 0 radical (unpaired) electrons. The second-order valence-corrected chi connectivity index (χ2v) is 21.2. The van der Waals surface area contributed by atoms with Crippen LogP contribution in [0.2, 0.25) is 0 Å². The van der Waals surface area contributed by atoms with E-state index in [1.54, 1.807) is 23.9 Å². The number of imide groups is 1. The molecule has 3 aromatic rings. The topological polar surface area (TPSA) is 211 Å². The number of carbonyl (C=O) groups is 6. The van der Waals surface area contributed by atoms with E-state index in [2.05, 4.69) is 50.6 Å². The van der Waals surface area contributed by atoms with Crippen LogP contribution < -0.4 is 20.9 Å². The molecule has 21 heteroatoms. The molecule has 2 aliphatic carbocycles. The molecule has 1 unspecified atom stereocenters. The number of piperazine rings is 2. The lowest BCUT2D eigenvalue weighted by molar-refractivity contribution is -0.143. The summed E-state index contributed by atoms with van der Waals surface area (Å²) in [6.45, 7) is 10.6. The fourth-order valence-corrected chi connectivity index (χ4v) is 12.4. The number of anilines is 4. The molecule has 2 aromatic heterocycles. The van der Waals surface area contributed by atoms with Crippen LogP contribution in [0, 0.1) is 23.6 Å². The number of piperidine rings is 2. The first-order valence-corrected chi connectivity index (χ1v) is 26.7. The monoisotopic (exact) mass is 1010 g/mol. The highest BCUT2D eigenvalue weighted by atomic mass is 19.1. The van der Waals surface area contributed by atoms with E-state index in [9.17, 15) is 28.8 Å². The highest BCUT2D eigenvalue weighted by molar-refractivity contribution is 6.05. The molecule has 1 aromatic carbocycles. The third-order valence-electron chi connectivity index (χ3n) is 16.6. The first-order chi connectivity index (χ1) is 35.4. The van der Waals surface area contributed by atoms with Gasteiger partial charge in [-0.15, -0.1) is 0 Å². The molecular weight excluding hydrogens is 938 g/mol. The van der Waals surface area contributed by atoms with Crippen molar-refractivity contribution >= 4 is 58.6 Å². The smallest absolute Gasteiger partial charge is 0.343 e. The normalized spacial score (nSPS) is 25.6. The number of fused-ring (bicyclic) bond motifs is 1. The summed E-state index contributed by atoms with van der Waals surface area (Å²) in [7, 11) is 1.83. The average Bonchev–Trinajstić information content (AvgIpc) is 3.96. The van der Waals surface area contributed by atoms with Crippen LogP contribution in [0.3, 0.4) is 0 Å². The zero-order chi connectivity index (χ0) is 50.8. The maximum Gasteiger partial charge on any atom is 0.343 e. The number of aryl methyl sites for hydroxylation is 1. The number of halogens is 1. The van der Waals surface area contributed by atoms with Crippen LogP contribution in [0.25, 0.3) is 0 Å². The van der Waals surface area contributed by atoms with Gasteiger partial charge in [-0.05, 0) is 101 Å². The fraction of sp³-hybridized carbons (Fsp3) is 0.635. The molecule has 10 rings (SSSR count). The van der Waals surface area contributed by atoms with Gasteiger partial charge in [0.05, 0.1) is 24.2 Å². The van der Waals surface area contributed by atoms with Crippen LogP contribution >= 0.6 is 0 Å². The van der Waals surface area contributed by atoms with Gasteiger partial charge in [0.2, 0.25) is 29.6 Å². The molecule has 0 spiro atoms. The number of hydrogen-bond donors (Lipinski definition) is 3. The molecule has 2 saturated carbocycles. The standard InChI is InChI=1S/C52H70FN13O7/c1-3-73-51(72)41-29-54-52(57-38-28-55-60(2)32-38)59-46(41)56-37-8-10-39(11-9-37)62-22-24-65(25-23-62)49(70)35-6-4-34(5-7-35)48(69)64-16-14-33(15-17-64)30-61-18-20-63(21-19-61)44-27-40-36(26-42(44)53)31-66(50(40)71)43-12-13-45(67)58-47(43)68/h26-29,32-35,37,39,43H,3-25,30-31H2,1-2H3,(H,58,67,68)(H2,54,56,57,59). The zero-order valence-electron chi connectivity index (χ0n) is 42.2. The molecule has 5 aliphatic heterocycles. The van der Waals surface area contributed by atoms with Gasteiger partial charge in [0.15, 0.2) is 0 Å². The van der Waals surface area contributed by atoms with E-state index in [-0.39, 0.29) is 73.3 Å². The quantitative estimate of drug-likeness (QED) is 0.165. The van der Waals surface area contributed by atoms with Gasteiger partial charge in [0.1, 0.15) is 23.2 Å². The van der Waals surface area contributed by atoms with Crippen molar-refractivity contribution in [1.82, 2.24) is 49.6 Å². The van der Waals surface area contributed by atoms with Crippen LogP contribution in [0.4, 0.5) is 27.5 Å². The van der Waals surface area contributed by atoms with Gasteiger partial charge in [-0.1, -0.05) is 0 Å². The van der Waals surface area contributed by atoms with E-state index in [0.29, 0.717) is 59.2 Å². The van der Waals surface area contributed by atoms with E-state index in [0.717, 1.165) is 129 Å². The molecule has 7 aliphatic rings. The summed E-state index contributed by atoms with van der Waals surface area (Å²) in [5.74, 6) is -0.249. The Hall–Kier alpha value is -6.22. The summed E-state index contributed by atoms with van der Waals surface area (Å²) in [4.78, 5) is 99.5. The summed E-state index contributed by atoms with van der Waals surface area (Å²) >= 11 is 0. The molecule has 392 valence electrons. The van der Waals surface area contributed by atoms with Gasteiger partial charge in [0, 0.05) is 134 Å². The number of likely N-dealkylation sites (tertiary alicyclic amines) is 1. The molecule has 0 bridgehead atoms. The van der Waals surface area contributed by atoms with E-state index in [1.807, 2.05) is 18.1 Å². The fourth-order valence-electron chi connectivity index (χ4n) is 12.4. The number of hydrogen-bond acceptors (Lipinski definition) is 15. The number of aromatic nitrogens is 4. The Morgan fingerprint density at radius 2 is 1.49 bits per heavy atom. The Balaban J connectivity index is 0.615. The molecule has 4 saturated heterocycles. The van der Waals surface area contributed by atoms with E-state index in [1.165, 1.54) is 17.2 Å². The lowest BCUT2D eigenvalue weighted by Gasteiger charge is -2.43. The van der Waals surface area contributed by atoms with Crippen molar-refractivity contribution in [2.75, 3.05) is 94.1 Å². The van der Waals surface area contributed by atoms with Crippen molar-refractivity contribution < 1.29 is 37.9 Å². The lowest BCUT2D eigenvalue weighted by Crippen LogP contribution is -2.54. The molecule has 20 nitrogen and oxygen atoms in total. The maximum atomic E-state index is 15.5. The van der Waals surface area contributed by atoms with Crippen molar-refractivity contribution in [3.8, 4) is 0 Å². The highest BCUT2D eigenvalue weighted by Gasteiger charge is 2.41. The molecule has 73 heavy (non-hydrogen) atoms. The number of rotatable bonds is 13. The van der Waals surface area contributed by atoms with Crippen LogP contribution in [-0.4, -0.2) is 176 Å². The first-order valence-electron chi connectivity index (χ1n) is 26.7. The summed E-state index contributed by atoms with van der Waals surface area (Å²) < 4.78 is 22.5. The van der Waals surface area contributed by atoms with E-state index in [4.69, 9.17) is 4.74 Å². The summed E-state index contributed by atoms with van der Waals surface area (Å²) in [6, 6.07) is 2.89. The Bertz CT molecular complexity index is 2540. The predicted molar refractivity (Wildman–Crippen MR) is 268 cm³/mol. The van der Waals surface area contributed by atoms with Gasteiger partial charge in [-0.3, -0.25) is 43.8 Å². The maximum absolute atomic E-state index is 15.5. The number of nitrogens with zero attached hydrogens (tertiary/aromatic N) is 10. The summed E-state index contributed by atoms with van der Waals surface area (Å²) in [6.07, 6.45) is 14.2. The van der Waals surface area contributed by atoms with Crippen molar-refractivity contribution in [3.05, 3.63) is 53.2 Å². The minimum absolute atomic E-state index is 0.0257. The Morgan fingerprint density at radius 3 is 2.14 bits per heavy atom. The number of carbonyl (C=O) groups excluding carboxylic acids is 6. The summed E-state index contributed by atoms with van der Waals surface area (Å²) in [5.41, 5.74) is 2.43. The molecular formula is C52H70FN13O7. The van der Waals surface area contributed by atoms with Crippen molar-refractivity contribution in [3.63, 3.8) is 0 Å². The second kappa shape index (κ2) is 22.1.